The van der Waals surface area contributed by atoms with Crippen LogP contribution >= 0.6 is 0 Å². The van der Waals surface area contributed by atoms with Gasteiger partial charge < -0.3 is 39.8 Å². The lowest BCUT2D eigenvalue weighted by Gasteiger charge is -2.38. The van der Waals surface area contributed by atoms with Gasteiger partial charge in [-0.1, -0.05) is 31.1 Å². The maximum absolute atomic E-state index is 14.3. The zero-order valence-corrected chi connectivity index (χ0v) is 30.6. The number of carbonyl (C=O) groups is 5. The molecule has 3 aliphatic heterocycles. The molecule has 0 bridgehead atoms. The first-order chi connectivity index (χ1) is 24.1. The maximum atomic E-state index is 14.3. The molecule has 4 aliphatic rings. The maximum Gasteiger partial charge on any atom is 0.410 e. The number of likely N-dealkylation sites (N-methyl/N-ethyl adjacent to an activating group) is 1. The highest BCUT2D eigenvalue weighted by Crippen LogP contribution is 2.45. The van der Waals surface area contributed by atoms with Crippen molar-refractivity contribution in [3.05, 3.63) is 41.5 Å². The van der Waals surface area contributed by atoms with Crippen LogP contribution in [0.3, 0.4) is 0 Å². The van der Waals surface area contributed by atoms with Crippen LogP contribution in [0.15, 0.2) is 30.4 Å². The van der Waals surface area contributed by atoms with Gasteiger partial charge in [-0.15, -0.1) is 0 Å². The molecule has 14 nitrogen and oxygen atoms in total. The molecule has 2 fully saturated rings. The van der Waals surface area contributed by atoms with Crippen LogP contribution < -0.4 is 15.4 Å². The summed E-state index contributed by atoms with van der Waals surface area (Å²) in [5.74, 6) is -1.94. The molecule has 0 aromatic heterocycles. The van der Waals surface area contributed by atoms with Gasteiger partial charge >= 0.3 is 18.2 Å². The summed E-state index contributed by atoms with van der Waals surface area (Å²) in [6, 6.07) is 3.38. The Morgan fingerprint density at radius 1 is 1.14 bits per heavy atom. The number of allylic oxidation sites excluding steroid dienone is 1. The summed E-state index contributed by atoms with van der Waals surface area (Å²) in [7, 11) is 5.48. The van der Waals surface area contributed by atoms with E-state index in [1.54, 1.807) is 32.8 Å². The summed E-state index contributed by atoms with van der Waals surface area (Å²) in [5, 5.41) is 15.6. The molecule has 5 rings (SSSR count). The lowest BCUT2D eigenvalue weighted by molar-refractivity contribution is -0.145. The molecule has 1 aromatic carbocycles. The highest BCUT2D eigenvalue weighted by Gasteiger charge is 2.61. The van der Waals surface area contributed by atoms with Crippen molar-refractivity contribution in [1.82, 2.24) is 25.3 Å². The van der Waals surface area contributed by atoms with Crippen molar-refractivity contribution in [2.45, 2.75) is 108 Å². The highest BCUT2D eigenvalue weighted by molar-refractivity contribution is 5.96. The third kappa shape index (κ3) is 8.95. The number of carboxylic acid groups (broad SMARTS) is 1. The van der Waals surface area contributed by atoms with E-state index in [0.29, 0.717) is 32.4 Å². The molecule has 1 saturated carbocycles. The summed E-state index contributed by atoms with van der Waals surface area (Å²) in [6.07, 6.45) is 5.67. The molecule has 3 heterocycles. The topological polar surface area (TPSA) is 167 Å². The molecule has 280 valence electrons. The van der Waals surface area contributed by atoms with E-state index in [1.165, 1.54) is 4.90 Å². The van der Waals surface area contributed by atoms with E-state index in [-0.39, 0.29) is 31.3 Å². The summed E-state index contributed by atoms with van der Waals surface area (Å²) >= 11 is 0. The molecular weight excluding hydrogens is 658 g/mol. The van der Waals surface area contributed by atoms with Gasteiger partial charge in [0.1, 0.15) is 35.1 Å². The minimum Gasteiger partial charge on any atom is -0.497 e. The minimum atomic E-state index is -1.48. The average Bonchev–Trinajstić information content (AvgIpc) is 3.59. The fraction of sp³-hybridized carbons (Fsp3) is 0.649. The van der Waals surface area contributed by atoms with Crippen molar-refractivity contribution in [3.8, 4) is 5.75 Å². The first-order valence-electron chi connectivity index (χ1n) is 17.9. The molecule has 6 atom stereocenters. The zero-order chi connectivity index (χ0) is 37.1. The van der Waals surface area contributed by atoms with Gasteiger partial charge in [0.05, 0.1) is 19.7 Å². The van der Waals surface area contributed by atoms with Crippen LogP contribution in [-0.2, 0) is 30.3 Å². The second kappa shape index (κ2) is 15.5. The molecule has 4 amide bonds. The zero-order valence-electron chi connectivity index (χ0n) is 30.6. The number of ether oxygens (including phenoxy) is 3. The van der Waals surface area contributed by atoms with E-state index < -0.39 is 59.3 Å². The normalized spacial score (nSPS) is 28.3. The second-order valence-corrected chi connectivity index (χ2v) is 15.4. The standard InChI is InChI=1S/C37H53N5O9/c1-36(2,3)51-34(47)38-28-13-11-9-7-8-10-12-24-20-37(24,33(45)46)39-31(43)29-19-26(21-42(29)32(28)44)50-35(48)41-17-16-23-18-25(49-6)14-15-27(23)30(41)22-40(4)5/h10,12,14-15,18,24,26,28-30H,7-9,11,13,16-17,19-22H2,1-6H3,(H,38,47)(H,39,43)(H,45,46)/t24-,26-,28+,29+,30?,37-/m1/s1. The Labute approximate surface area is 299 Å². The molecule has 1 unspecified atom stereocenters. The Kier molecular flexibility index (Phi) is 11.5. The number of aliphatic carboxylic acids is 1. The Balaban J connectivity index is 1.40. The molecule has 1 aliphatic carbocycles. The second-order valence-electron chi connectivity index (χ2n) is 15.4. The van der Waals surface area contributed by atoms with Gasteiger partial charge in [-0.25, -0.2) is 14.4 Å². The van der Waals surface area contributed by atoms with Crippen molar-refractivity contribution >= 4 is 30.0 Å². The van der Waals surface area contributed by atoms with E-state index >= 15 is 0 Å². The van der Waals surface area contributed by atoms with Crippen molar-refractivity contribution in [1.29, 1.82) is 0 Å². The van der Waals surface area contributed by atoms with Crippen LogP contribution in [0, 0.1) is 5.92 Å². The molecule has 0 spiro atoms. The number of benzene rings is 1. The fourth-order valence-corrected chi connectivity index (χ4v) is 7.38. The van der Waals surface area contributed by atoms with Gasteiger partial charge in [0, 0.05) is 25.4 Å². The van der Waals surface area contributed by atoms with Crippen molar-refractivity contribution in [2.24, 2.45) is 5.92 Å². The number of rotatable bonds is 6. The van der Waals surface area contributed by atoms with Crippen molar-refractivity contribution in [3.63, 3.8) is 0 Å². The Bertz CT molecular complexity index is 1520. The number of hydrogen-bond acceptors (Lipinski definition) is 9. The van der Waals surface area contributed by atoms with Crippen LogP contribution in [0.4, 0.5) is 9.59 Å². The minimum absolute atomic E-state index is 0.0291. The SMILES string of the molecule is COc1ccc2c(c1)CCN(C(=O)O[C@@H]1C[C@H]3C(=O)N[C@]4(C(=O)O)C[C@H]4C=CCCCCC[C@H](NC(=O)OC(C)(C)C)C(=O)N3C1)C2CN(C)C. The molecule has 1 aromatic rings. The molecular formula is C37H53N5O9. The molecule has 0 radical (unpaired) electrons. The number of nitrogens with zero attached hydrogens (tertiary/aromatic N) is 3. The van der Waals surface area contributed by atoms with Crippen molar-refractivity contribution in [2.75, 3.05) is 40.8 Å². The summed E-state index contributed by atoms with van der Waals surface area (Å²) in [5.41, 5.74) is -0.200. The number of nitrogens with one attached hydrogen (secondary N) is 2. The third-order valence-electron chi connectivity index (χ3n) is 10.1. The van der Waals surface area contributed by atoms with E-state index in [4.69, 9.17) is 14.2 Å². The predicted octanol–water partition coefficient (Wildman–Crippen LogP) is 3.64. The number of fused-ring (bicyclic) bond motifs is 3. The van der Waals surface area contributed by atoms with Crippen LogP contribution in [0.5, 0.6) is 5.75 Å². The van der Waals surface area contributed by atoms with Crippen LogP contribution in [-0.4, -0.2) is 120 Å². The van der Waals surface area contributed by atoms with Crippen LogP contribution in [0.1, 0.15) is 82.9 Å². The fourth-order valence-electron chi connectivity index (χ4n) is 7.38. The monoisotopic (exact) mass is 711 g/mol. The lowest BCUT2D eigenvalue weighted by Crippen LogP contribution is -2.56. The highest BCUT2D eigenvalue weighted by atomic mass is 16.6. The summed E-state index contributed by atoms with van der Waals surface area (Å²) in [4.78, 5) is 72.5. The Morgan fingerprint density at radius 3 is 2.59 bits per heavy atom. The number of amides is 4. The lowest BCUT2D eigenvalue weighted by atomic mass is 9.92. The molecule has 51 heavy (non-hydrogen) atoms. The largest absolute Gasteiger partial charge is 0.497 e. The van der Waals surface area contributed by atoms with Gasteiger partial charge in [-0.05, 0) is 90.2 Å². The molecule has 1 saturated heterocycles. The number of methoxy groups -OCH3 is 1. The number of alkyl carbamates (subject to hydrolysis) is 1. The predicted molar refractivity (Wildman–Crippen MR) is 187 cm³/mol. The van der Waals surface area contributed by atoms with Gasteiger partial charge in [-0.2, -0.15) is 0 Å². The molecule has 14 heteroatoms. The van der Waals surface area contributed by atoms with Gasteiger partial charge in [-0.3, -0.25) is 14.5 Å². The van der Waals surface area contributed by atoms with Crippen LogP contribution in [0.25, 0.3) is 0 Å². The third-order valence-corrected chi connectivity index (χ3v) is 10.1. The summed E-state index contributed by atoms with van der Waals surface area (Å²) < 4.78 is 17.0. The average molecular weight is 712 g/mol. The number of hydrogen-bond donors (Lipinski definition) is 3. The smallest absolute Gasteiger partial charge is 0.410 e. The Morgan fingerprint density at radius 2 is 1.90 bits per heavy atom. The quantitative estimate of drug-likeness (QED) is 0.371. The first-order valence-corrected chi connectivity index (χ1v) is 17.9. The van der Waals surface area contributed by atoms with Crippen LogP contribution in [0.2, 0.25) is 0 Å². The van der Waals surface area contributed by atoms with Gasteiger partial charge in [0.25, 0.3) is 0 Å². The molecule has 3 N–H and O–H groups in total. The summed E-state index contributed by atoms with van der Waals surface area (Å²) in [6.45, 7) is 6.01. The van der Waals surface area contributed by atoms with E-state index in [1.807, 2.05) is 49.3 Å². The first kappa shape index (κ1) is 37.9. The number of carboxylic acids is 1. The van der Waals surface area contributed by atoms with Gasteiger partial charge in [0.2, 0.25) is 11.8 Å². The number of carbonyl (C=O) groups excluding carboxylic acids is 4. The van der Waals surface area contributed by atoms with Crippen molar-refractivity contribution < 1.29 is 43.3 Å². The van der Waals surface area contributed by atoms with Gasteiger partial charge in [0.15, 0.2) is 0 Å². The van der Waals surface area contributed by atoms with E-state index in [2.05, 4.69) is 10.6 Å². The van der Waals surface area contributed by atoms with E-state index in [0.717, 1.165) is 36.1 Å². The van der Waals surface area contributed by atoms with E-state index in [9.17, 15) is 29.1 Å². The Hall–Kier alpha value is -4.33.